The molecule has 0 saturated carbocycles. The van der Waals surface area contributed by atoms with E-state index in [0.29, 0.717) is 6.07 Å². The first-order valence-corrected chi connectivity index (χ1v) is 6.25. The molecule has 92 valence electrons. The minimum absolute atomic E-state index is 0.00502. The minimum Gasteiger partial charge on any atom is -0.280 e. The number of halogens is 2. The highest BCUT2D eigenvalue weighted by Crippen LogP contribution is 2.17. The number of amides is 1. The summed E-state index contributed by atoms with van der Waals surface area (Å²) in [7, 11) is -3.67. The normalized spacial score (nSPS) is 11.8. The van der Waals surface area contributed by atoms with Crippen LogP contribution in [0.4, 0.5) is 8.78 Å². The summed E-state index contributed by atoms with van der Waals surface area (Å²) < 4.78 is 36.5. The average molecular weight is 261 g/mol. The van der Waals surface area contributed by atoms with Gasteiger partial charge in [0.25, 0.3) is 5.91 Å². The van der Waals surface area contributed by atoms with Gasteiger partial charge < -0.3 is 0 Å². The highest BCUT2D eigenvalue weighted by Gasteiger charge is 2.10. The lowest BCUT2D eigenvalue weighted by Gasteiger charge is -2.05. The van der Waals surface area contributed by atoms with Crippen LogP contribution in [-0.4, -0.2) is 5.91 Å². The third kappa shape index (κ3) is 4.86. The lowest BCUT2D eigenvalue weighted by Crippen LogP contribution is -2.26. The largest absolute Gasteiger partial charge is 0.300 e. The first kappa shape index (κ1) is 13.5. The van der Waals surface area contributed by atoms with Crippen LogP contribution in [0.3, 0.4) is 0 Å². The Morgan fingerprint density at radius 2 is 2.00 bits per heavy atom. The Kier molecular flexibility index (Phi) is 4.11. The predicted octanol–water partition coefficient (Wildman–Crippen LogP) is 1.12. The number of benzene rings is 1. The van der Waals surface area contributed by atoms with E-state index in [0.717, 1.165) is 24.3 Å². The van der Waals surface area contributed by atoms with E-state index in [1.807, 2.05) is 5.09 Å². The fraction of sp³-hybridized carbons (Fsp3) is 0. The van der Waals surface area contributed by atoms with Crippen LogP contribution in [0.1, 0.15) is 5.56 Å². The molecule has 1 amide bonds. The molecule has 0 aliphatic heterocycles. The molecular formula is C9H10F2N3O2P. The number of hydrogen-bond donors (Lipinski definition) is 3. The molecule has 5 nitrogen and oxygen atoms in total. The zero-order valence-corrected chi connectivity index (χ0v) is 9.46. The van der Waals surface area contributed by atoms with Crippen molar-refractivity contribution >= 4 is 19.6 Å². The zero-order chi connectivity index (χ0) is 13.1. The van der Waals surface area contributed by atoms with Crippen LogP contribution in [0.5, 0.6) is 0 Å². The van der Waals surface area contributed by atoms with Crippen molar-refractivity contribution in [2.24, 2.45) is 11.0 Å². The van der Waals surface area contributed by atoms with Crippen molar-refractivity contribution in [3.05, 3.63) is 41.5 Å². The van der Waals surface area contributed by atoms with Crippen molar-refractivity contribution in [1.82, 2.24) is 5.09 Å². The second kappa shape index (κ2) is 5.18. The molecule has 0 saturated heterocycles. The predicted molar refractivity (Wildman–Crippen MR) is 59.5 cm³/mol. The van der Waals surface area contributed by atoms with E-state index in [4.69, 9.17) is 11.0 Å². The standard InChI is InChI=1S/C9H10F2N3O2P/c10-7-3-1-6(8(11)5-7)2-4-9(15)14-17(12,13)16/h1-5H,(H5,12,13,14,15,16). The third-order valence-electron chi connectivity index (χ3n) is 1.66. The Morgan fingerprint density at radius 1 is 1.35 bits per heavy atom. The highest BCUT2D eigenvalue weighted by molar-refractivity contribution is 7.57. The van der Waals surface area contributed by atoms with Crippen LogP contribution >= 0.6 is 7.59 Å². The van der Waals surface area contributed by atoms with Gasteiger partial charge in [-0.05, 0) is 18.2 Å². The molecule has 0 fully saturated rings. The SMILES string of the molecule is NP(N)(=O)NC(=O)C=Cc1ccc(F)cc1F. The van der Waals surface area contributed by atoms with E-state index < -0.39 is 25.1 Å². The van der Waals surface area contributed by atoms with Crippen LogP contribution < -0.4 is 16.1 Å². The molecule has 5 N–H and O–H groups in total. The summed E-state index contributed by atoms with van der Waals surface area (Å²) in [6.45, 7) is 0. The summed E-state index contributed by atoms with van der Waals surface area (Å²) in [4.78, 5) is 11.1. The second-order valence-electron chi connectivity index (χ2n) is 3.18. The van der Waals surface area contributed by atoms with E-state index in [1.54, 1.807) is 0 Å². The molecule has 0 atom stereocenters. The Hall–Kier alpha value is -1.56. The molecule has 0 spiro atoms. The molecule has 0 aliphatic rings. The van der Waals surface area contributed by atoms with Crippen molar-refractivity contribution in [2.75, 3.05) is 0 Å². The van der Waals surface area contributed by atoms with Gasteiger partial charge in [0.1, 0.15) is 11.6 Å². The molecule has 0 aliphatic carbocycles. The topological polar surface area (TPSA) is 98.2 Å². The van der Waals surface area contributed by atoms with E-state index in [2.05, 4.69) is 0 Å². The summed E-state index contributed by atoms with van der Waals surface area (Å²) in [6, 6.07) is 2.87. The van der Waals surface area contributed by atoms with Gasteiger partial charge in [0.05, 0.1) is 0 Å². The maximum absolute atomic E-state index is 13.1. The van der Waals surface area contributed by atoms with Gasteiger partial charge in [-0.1, -0.05) is 0 Å². The molecule has 1 rings (SSSR count). The van der Waals surface area contributed by atoms with Crippen LogP contribution in [0.2, 0.25) is 0 Å². The van der Waals surface area contributed by atoms with Gasteiger partial charge >= 0.3 is 7.59 Å². The maximum atomic E-state index is 13.1. The summed E-state index contributed by atoms with van der Waals surface area (Å²) in [5, 5.41) is 1.81. The molecule has 0 radical (unpaired) electrons. The maximum Gasteiger partial charge on any atom is 0.300 e. The third-order valence-corrected chi connectivity index (χ3v) is 2.23. The van der Waals surface area contributed by atoms with Gasteiger partial charge in [0.2, 0.25) is 0 Å². The van der Waals surface area contributed by atoms with Crippen LogP contribution in [-0.2, 0) is 9.36 Å². The number of hydrogen-bond acceptors (Lipinski definition) is 2. The van der Waals surface area contributed by atoms with Crippen molar-refractivity contribution in [3.63, 3.8) is 0 Å². The fourth-order valence-corrected chi connectivity index (χ4v) is 1.43. The Morgan fingerprint density at radius 3 is 2.53 bits per heavy atom. The molecule has 17 heavy (non-hydrogen) atoms. The quantitative estimate of drug-likeness (QED) is 0.561. The van der Waals surface area contributed by atoms with E-state index in [9.17, 15) is 18.1 Å². The van der Waals surface area contributed by atoms with Gasteiger partial charge in [-0.15, -0.1) is 0 Å². The van der Waals surface area contributed by atoms with Gasteiger partial charge in [0.15, 0.2) is 0 Å². The number of rotatable bonds is 3. The molecule has 0 unspecified atom stereocenters. The molecule has 0 heterocycles. The lowest BCUT2D eigenvalue weighted by molar-refractivity contribution is -0.114. The van der Waals surface area contributed by atoms with Crippen LogP contribution in [0, 0.1) is 11.6 Å². The molecule has 8 heteroatoms. The first-order valence-electron chi connectivity index (χ1n) is 4.40. The lowest BCUT2D eigenvalue weighted by atomic mass is 10.2. The zero-order valence-electron chi connectivity index (χ0n) is 8.56. The molecule has 0 aromatic heterocycles. The Balaban J connectivity index is 2.77. The number of carbonyl (C=O) groups excluding carboxylic acids is 1. The summed E-state index contributed by atoms with van der Waals surface area (Å²) in [6.07, 6.45) is 1.97. The Labute approximate surface area is 96.0 Å². The van der Waals surface area contributed by atoms with Crippen LogP contribution in [0.15, 0.2) is 24.3 Å². The van der Waals surface area contributed by atoms with Gasteiger partial charge in [-0.25, -0.2) is 8.78 Å². The molecular weight excluding hydrogens is 251 g/mol. The first-order chi connectivity index (χ1) is 7.78. The summed E-state index contributed by atoms with van der Waals surface area (Å²) >= 11 is 0. The summed E-state index contributed by atoms with van der Waals surface area (Å²) in [5.74, 6) is -2.38. The smallest absolute Gasteiger partial charge is 0.280 e. The number of nitrogens with two attached hydrogens (primary N) is 2. The number of nitrogens with one attached hydrogen (secondary N) is 1. The van der Waals surface area contributed by atoms with Crippen molar-refractivity contribution in [3.8, 4) is 0 Å². The van der Waals surface area contributed by atoms with Crippen molar-refractivity contribution < 1.29 is 18.1 Å². The minimum atomic E-state index is -3.67. The highest BCUT2D eigenvalue weighted by atomic mass is 31.2. The molecule has 1 aromatic rings. The van der Waals surface area contributed by atoms with Crippen molar-refractivity contribution in [1.29, 1.82) is 0 Å². The van der Waals surface area contributed by atoms with E-state index >= 15 is 0 Å². The van der Waals surface area contributed by atoms with E-state index in [1.165, 1.54) is 0 Å². The van der Waals surface area contributed by atoms with Gasteiger partial charge in [-0.3, -0.25) is 25.5 Å². The second-order valence-corrected chi connectivity index (χ2v) is 4.83. The summed E-state index contributed by atoms with van der Waals surface area (Å²) in [5.41, 5.74) is 9.80. The van der Waals surface area contributed by atoms with Gasteiger partial charge in [0, 0.05) is 17.7 Å². The van der Waals surface area contributed by atoms with Gasteiger partial charge in [-0.2, -0.15) is 0 Å². The average Bonchev–Trinajstić information content (AvgIpc) is 2.13. The van der Waals surface area contributed by atoms with Crippen molar-refractivity contribution in [2.45, 2.75) is 0 Å². The monoisotopic (exact) mass is 261 g/mol. The molecule has 0 bridgehead atoms. The Bertz CT molecular complexity index is 513. The van der Waals surface area contributed by atoms with Crippen LogP contribution in [0.25, 0.3) is 6.08 Å². The molecule has 1 aromatic carbocycles. The fourth-order valence-electron chi connectivity index (χ4n) is 1.01. The van der Waals surface area contributed by atoms with E-state index in [-0.39, 0.29) is 5.56 Å². The number of carbonyl (C=O) groups is 1.